The average molecular weight is 476 g/mol. The fraction of sp³-hybridized carbons (Fsp3) is 0.250. The van der Waals surface area contributed by atoms with Gasteiger partial charge in [0.15, 0.2) is 0 Å². The van der Waals surface area contributed by atoms with E-state index in [4.69, 9.17) is 4.74 Å². The fourth-order valence-corrected chi connectivity index (χ4v) is 3.57. The number of rotatable bonds is 8. The van der Waals surface area contributed by atoms with Crippen LogP contribution >= 0.6 is 15.9 Å². The number of pyridine rings is 1. The minimum Gasteiger partial charge on any atom is -0.543 e. The summed E-state index contributed by atoms with van der Waals surface area (Å²) in [6.07, 6.45) is 2.14. The summed E-state index contributed by atoms with van der Waals surface area (Å²) in [5, 5.41) is 11.2. The van der Waals surface area contributed by atoms with E-state index in [0.717, 1.165) is 39.8 Å². The van der Waals surface area contributed by atoms with E-state index in [1.54, 1.807) is 12.1 Å². The fourth-order valence-electron chi connectivity index (χ4n) is 3.21. The number of nitrogens with zero attached hydrogens (tertiary/aromatic N) is 1. The number of carbonyl (C=O) groups is 1. The van der Waals surface area contributed by atoms with Gasteiger partial charge in [-0.1, -0.05) is 73.0 Å². The number of carboxylic acids is 1. The Bertz CT molecular complexity index is 1010. The van der Waals surface area contributed by atoms with Crippen LogP contribution in [0.1, 0.15) is 37.2 Å². The van der Waals surface area contributed by atoms with Crippen LogP contribution in [-0.4, -0.2) is 17.6 Å². The van der Waals surface area contributed by atoms with Gasteiger partial charge in [0.1, 0.15) is 5.75 Å². The maximum atomic E-state index is 11.2. The molecule has 0 atom stereocenters. The molecule has 0 saturated heterocycles. The van der Waals surface area contributed by atoms with Gasteiger partial charge in [-0.3, -0.25) is 0 Å². The maximum Gasteiger partial charge on any atom is 1.00 e. The quantitative estimate of drug-likeness (QED) is 0.469. The molecule has 0 aliphatic rings. The molecule has 0 aliphatic carbocycles. The Kier molecular flexibility index (Phi) is 9.56. The van der Waals surface area contributed by atoms with Crippen LogP contribution in [-0.2, 0) is 0 Å². The van der Waals surface area contributed by atoms with Crippen LogP contribution in [0.5, 0.6) is 5.75 Å². The number of aromatic nitrogens is 1. The van der Waals surface area contributed by atoms with Gasteiger partial charge in [0.05, 0.1) is 24.0 Å². The maximum absolute atomic E-state index is 11.2. The third-order valence-electron chi connectivity index (χ3n) is 5.02. The number of aromatic carboxylic acids is 1. The second-order valence-corrected chi connectivity index (χ2v) is 7.79. The zero-order valence-electron chi connectivity index (χ0n) is 17.5. The van der Waals surface area contributed by atoms with Crippen molar-refractivity contribution < 1.29 is 44.2 Å². The number of hydrogen-bond donors (Lipinski definition) is 0. The Morgan fingerprint density at radius 3 is 2.37 bits per heavy atom. The normalized spacial score (nSPS) is 10.5. The summed E-state index contributed by atoms with van der Waals surface area (Å²) in [5.41, 5.74) is 3.18. The number of benzene rings is 2. The van der Waals surface area contributed by atoms with Crippen molar-refractivity contribution in [3.8, 4) is 28.1 Å². The minimum atomic E-state index is -1.29. The van der Waals surface area contributed by atoms with E-state index < -0.39 is 5.97 Å². The molecule has 2 aromatic carbocycles. The average Bonchev–Trinajstić information content (AvgIpc) is 2.75. The Hall–Kier alpha value is -1.66. The first-order chi connectivity index (χ1) is 14.0. The van der Waals surface area contributed by atoms with E-state index in [1.165, 1.54) is 6.07 Å². The van der Waals surface area contributed by atoms with Crippen molar-refractivity contribution in [3.63, 3.8) is 0 Å². The summed E-state index contributed by atoms with van der Waals surface area (Å²) in [6.45, 7) is 5.00. The molecule has 30 heavy (non-hydrogen) atoms. The molecule has 0 radical (unpaired) electrons. The van der Waals surface area contributed by atoms with Crippen LogP contribution in [0.4, 0.5) is 0 Å². The molecule has 1 aromatic heterocycles. The predicted molar refractivity (Wildman–Crippen MR) is 117 cm³/mol. The van der Waals surface area contributed by atoms with Gasteiger partial charge in [-0.05, 0) is 41.8 Å². The number of ether oxygens (including phenoxy) is 1. The van der Waals surface area contributed by atoms with E-state index in [0.29, 0.717) is 18.2 Å². The van der Waals surface area contributed by atoms with Crippen LogP contribution in [0, 0.1) is 5.92 Å². The first kappa shape index (κ1) is 24.6. The Labute approximate surface area is 208 Å². The Balaban J connectivity index is 0.00000320. The monoisotopic (exact) mass is 475 g/mol. The molecular formula is C24H23BrNNaO3. The molecule has 3 rings (SSSR count). The molecule has 0 amide bonds. The molecular weight excluding hydrogens is 453 g/mol. The molecule has 0 N–H and O–H groups in total. The molecule has 0 unspecified atom stereocenters. The molecule has 1 heterocycles. The van der Waals surface area contributed by atoms with Crippen molar-refractivity contribution in [1.82, 2.24) is 4.98 Å². The summed E-state index contributed by atoms with van der Waals surface area (Å²) in [5.74, 6) is 0.00717. The molecule has 0 spiro atoms. The molecule has 0 aliphatic heterocycles. The number of hydrogen-bond acceptors (Lipinski definition) is 4. The van der Waals surface area contributed by atoms with Crippen LogP contribution in [0.2, 0.25) is 0 Å². The van der Waals surface area contributed by atoms with Crippen LogP contribution in [0.15, 0.2) is 65.1 Å². The predicted octanol–water partition coefficient (Wildman–Crippen LogP) is 2.36. The van der Waals surface area contributed by atoms with Crippen molar-refractivity contribution in [2.45, 2.75) is 26.7 Å². The third-order valence-corrected chi connectivity index (χ3v) is 5.52. The van der Waals surface area contributed by atoms with Gasteiger partial charge in [-0.2, -0.15) is 0 Å². The zero-order valence-corrected chi connectivity index (χ0v) is 21.1. The van der Waals surface area contributed by atoms with E-state index in [9.17, 15) is 9.90 Å². The molecule has 0 bridgehead atoms. The van der Waals surface area contributed by atoms with Crippen molar-refractivity contribution in [2.24, 2.45) is 5.92 Å². The summed E-state index contributed by atoms with van der Waals surface area (Å²) in [4.78, 5) is 15.5. The SMILES string of the molecule is CCC(CC)COc1ccc(Br)cc1-c1ccccc1-c1cccc(C(=O)[O-])n1.[Na+]. The van der Waals surface area contributed by atoms with Crippen molar-refractivity contribution in [1.29, 1.82) is 0 Å². The van der Waals surface area contributed by atoms with Gasteiger partial charge >= 0.3 is 29.6 Å². The Morgan fingerprint density at radius 2 is 1.70 bits per heavy atom. The van der Waals surface area contributed by atoms with E-state index in [2.05, 4.69) is 34.8 Å². The van der Waals surface area contributed by atoms with Gasteiger partial charge in [0.2, 0.25) is 0 Å². The van der Waals surface area contributed by atoms with Crippen molar-refractivity contribution in [3.05, 3.63) is 70.8 Å². The van der Waals surface area contributed by atoms with Crippen LogP contribution in [0.3, 0.4) is 0 Å². The van der Waals surface area contributed by atoms with Gasteiger partial charge in [0, 0.05) is 15.6 Å². The van der Waals surface area contributed by atoms with Crippen LogP contribution < -0.4 is 39.4 Å². The van der Waals surface area contributed by atoms with E-state index in [-0.39, 0.29) is 35.3 Å². The minimum absolute atomic E-state index is 0. The third kappa shape index (κ3) is 5.94. The number of halogens is 1. The molecule has 0 saturated carbocycles. The first-order valence-corrected chi connectivity index (χ1v) is 10.5. The summed E-state index contributed by atoms with van der Waals surface area (Å²) in [6, 6.07) is 18.6. The Morgan fingerprint density at radius 1 is 1.00 bits per heavy atom. The zero-order chi connectivity index (χ0) is 20.8. The molecule has 3 aromatic rings. The summed E-state index contributed by atoms with van der Waals surface area (Å²) < 4.78 is 7.14. The summed E-state index contributed by atoms with van der Waals surface area (Å²) in [7, 11) is 0. The molecule has 4 nitrogen and oxygen atoms in total. The van der Waals surface area contributed by atoms with Gasteiger partial charge < -0.3 is 14.6 Å². The van der Waals surface area contributed by atoms with Gasteiger partial charge in [-0.15, -0.1) is 0 Å². The molecule has 6 heteroatoms. The van der Waals surface area contributed by atoms with Crippen LogP contribution in [0.25, 0.3) is 22.4 Å². The van der Waals surface area contributed by atoms with E-state index in [1.807, 2.05) is 42.5 Å². The topological polar surface area (TPSA) is 62.2 Å². The number of carboxylic acid groups (broad SMARTS) is 1. The number of carbonyl (C=O) groups excluding carboxylic acids is 1. The second-order valence-electron chi connectivity index (χ2n) is 6.88. The van der Waals surface area contributed by atoms with Crippen molar-refractivity contribution in [2.75, 3.05) is 6.61 Å². The van der Waals surface area contributed by atoms with Crippen molar-refractivity contribution >= 4 is 21.9 Å². The summed E-state index contributed by atoms with van der Waals surface area (Å²) >= 11 is 3.56. The first-order valence-electron chi connectivity index (χ1n) is 9.74. The second kappa shape index (κ2) is 11.7. The molecule has 0 fully saturated rings. The molecule has 150 valence electrons. The smallest absolute Gasteiger partial charge is 0.543 e. The van der Waals surface area contributed by atoms with E-state index >= 15 is 0 Å². The van der Waals surface area contributed by atoms with Gasteiger partial charge in [0.25, 0.3) is 0 Å². The van der Waals surface area contributed by atoms with Gasteiger partial charge in [-0.25, -0.2) is 4.98 Å². The standard InChI is InChI=1S/C24H24BrNO3.Na/c1-3-16(4-2)15-29-23-13-12-17(25)14-20(23)18-8-5-6-9-19(18)21-10-7-11-22(26-21)24(27)28;/h5-14,16H,3-4,15H2,1-2H3,(H,27,28);/q;+1/p-1. The largest absolute Gasteiger partial charge is 1.00 e.